The number of unbranched alkanes of at least 4 members (excludes halogenated alkanes) is 2. The summed E-state index contributed by atoms with van der Waals surface area (Å²) in [4.78, 5) is 11.2. The first kappa shape index (κ1) is 20.5. The van der Waals surface area contributed by atoms with Crippen LogP contribution in [0.4, 0.5) is 0 Å². The largest absolute Gasteiger partial charge is 0.481 e. The molecule has 0 bridgehead atoms. The predicted molar refractivity (Wildman–Crippen MR) is 91.6 cm³/mol. The Balaban J connectivity index is 4.49. The Labute approximate surface area is 132 Å². The summed E-state index contributed by atoms with van der Waals surface area (Å²) in [5.74, 6) is 1.21. The molecule has 21 heavy (non-hydrogen) atoms. The monoisotopic (exact) mass is 298 g/mol. The maximum atomic E-state index is 11.2. The van der Waals surface area contributed by atoms with Crippen molar-refractivity contribution in [2.75, 3.05) is 0 Å². The average molecular weight is 299 g/mol. The molecule has 126 valence electrons. The zero-order valence-corrected chi connectivity index (χ0v) is 14.9. The van der Waals surface area contributed by atoms with Crippen molar-refractivity contribution in [3.63, 3.8) is 0 Å². The number of carboxylic acid groups (broad SMARTS) is 1. The van der Waals surface area contributed by atoms with E-state index in [0.717, 1.165) is 24.7 Å². The highest BCUT2D eigenvalue weighted by Gasteiger charge is 2.21. The van der Waals surface area contributed by atoms with Crippen molar-refractivity contribution in [3.8, 4) is 0 Å². The summed E-state index contributed by atoms with van der Waals surface area (Å²) in [6.45, 7) is 8.98. The van der Waals surface area contributed by atoms with Crippen LogP contribution >= 0.6 is 0 Å². The fourth-order valence-electron chi connectivity index (χ4n) is 3.42. The van der Waals surface area contributed by atoms with Crippen LogP contribution in [0.1, 0.15) is 98.3 Å². The summed E-state index contributed by atoms with van der Waals surface area (Å²) in [5, 5.41) is 9.21. The molecule has 2 unspecified atom stereocenters. The highest BCUT2D eigenvalue weighted by molar-refractivity contribution is 5.67. The number of rotatable bonds is 14. The van der Waals surface area contributed by atoms with E-state index in [1.165, 1.54) is 51.4 Å². The van der Waals surface area contributed by atoms with Crippen LogP contribution in [0.2, 0.25) is 0 Å². The summed E-state index contributed by atoms with van der Waals surface area (Å²) in [6.07, 6.45) is 12.6. The second kappa shape index (κ2) is 13.2. The van der Waals surface area contributed by atoms with Gasteiger partial charge in [0.2, 0.25) is 0 Å². The number of aliphatic carboxylic acids is 1. The molecule has 0 spiro atoms. The fraction of sp³-hybridized carbons (Fsp3) is 0.947. The van der Waals surface area contributed by atoms with Gasteiger partial charge < -0.3 is 5.11 Å². The third-order valence-electron chi connectivity index (χ3n) is 4.88. The molecule has 2 atom stereocenters. The minimum atomic E-state index is -0.615. The minimum Gasteiger partial charge on any atom is -0.481 e. The van der Waals surface area contributed by atoms with Gasteiger partial charge in [0.1, 0.15) is 0 Å². The second-order valence-electron chi connectivity index (χ2n) is 6.77. The van der Waals surface area contributed by atoms with Gasteiger partial charge in [-0.1, -0.05) is 79.1 Å². The van der Waals surface area contributed by atoms with E-state index in [0.29, 0.717) is 12.3 Å². The first-order valence-corrected chi connectivity index (χ1v) is 9.28. The van der Waals surface area contributed by atoms with Crippen molar-refractivity contribution in [2.24, 2.45) is 17.8 Å². The van der Waals surface area contributed by atoms with Crippen LogP contribution in [0.3, 0.4) is 0 Å². The highest BCUT2D eigenvalue weighted by Crippen LogP contribution is 2.31. The molecule has 0 aromatic heterocycles. The van der Waals surface area contributed by atoms with E-state index in [1.807, 2.05) is 0 Å². The van der Waals surface area contributed by atoms with Crippen molar-refractivity contribution in [3.05, 3.63) is 0 Å². The fourth-order valence-corrected chi connectivity index (χ4v) is 3.42. The molecule has 2 nitrogen and oxygen atoms in total. The van der Waals surface area contributed by atoms with Gasteiger partial charge in [-0.15, -0.1) is 0 Å². The summed E-state index contributed by atoms with van der Waals surface area (Å²) in [6, 6.07) is 0. The molecule has 0 aromatic carbocycles. The van der Waals surface area contributed by atoms with Crippen molar-refractivity contribution in [2.45, 2.75) is 98.3 Å². The quantitative estimate of drug-likeness (QED) is 0.409. The first-order valence-electron chi connectivity index (χ1n) is 9.28. The van der Waals surface area contributed by atoms with Crippen LogP contribution in [-0.4, -0.2) is 11.1 Å². The molecule has 0 amide bonds. The van der Waals surface area contributed by atoms with Crippen molar-refractivity contribution < 1.29 is 9.90 Å². The van der Waals surface area contributed by atoms with Gasteiger partial charge in [0.05, 0.1) is 0 Å². The van der Waals surface area contributed by atoms with Gasteiger partial charge in [0.25, 0.3) is 0 Å². The van der Waals surface area contributed by atoms with Gasteiger partial charge in [0.15, 0.2) is 0 Å². The number of hydrogen-bond donors (Lipinski definition) is 1. The van der Waals surface area contributed by atoms with Crippen LogP contribution in [-0.2, 0) is 4.79 Å². The SMILES string of the molecule is CCCCC(CC)CC(CC(=O)O)CC(CC)CCCC. The third kappa shape index (κ3) is 10.8. The van der Waals surface area contributed by atoms with Crippen LogP contribution < -0.4 is 0 Å². The smallest absolute Gasteiger partial charge is 0.303 e. The van der Waals surface area contributed by atoms with Gasteiger partial charge >= 0.3 is 5.97 Å². The van der Waals surface area contributed by atoms with E-state index < -0.39 is 5.97 Å². The standard InChI is InChI=1S/C19H38O2/c1-5-9-11-16(7-3)13-18(15-19(20)21)14-17(8-4)12-10-6-2/h16-18H,5-15H2,1-4H3,(H,20,21). The molecule has 0 aliphatic carbocycles. The Kier molecular flexibility index (Phi) is 12.8. The molecule has 1 N–H and O–H groups in total. The van der Waals surface area contributed by atoms with Crippen molar-refractivity contribution >= 4 is 5.97 Å². The Morgan fingerprint density at radius 2 is 1.24 bits per heavy atom. The lowest BCUT2D eigenvalue weighted by Gasteiger charge is -2.25. The third-order valence-corrected chi connectivity index (χ3v) is 4.88. The Morgan fingerprint density at radius 3 is 1.52 bits per heavy atom. The predicted octanol–water partition coefficient (Wildman–Crippen LogP) is 6.29. The van der Waals surface area contributed by atoms with Crippen molar-refractivity contribution in [1.29, 1.82) is 0 Å². The Morgan fingerprint density at radius 1 is 0.810 bits per heavy atom. The highest BCUT2D eigenvalue weighted by atomic mass is 16.4. The van der Waals surface area contributed by atoms with Crippen LogP contribution in [0.5, 0.6) is 0 Å². The number of hydrogen-bond acceptors (Lipinski definition) is 1. The Bertz CT molecular complexity index is 232. The van der Waals surface area contributed by atoms with Crippen LogP contribution in [0, 0.1) is 17.8 Å². The van der Waals surface area contributed by atoms with E-state index in [1.54, 1.807) is 0 Å². The normalized spacial score (nSPS) is 15.6. The summed E-state index contributed by atoms with van der Waals surface area (Å²) < 4.78 is 0. The molecule has 0 rings (SSSR count). The van der Waals surface area contributed by atoms with Gasteiger partial charge in [-0.3, -0.25) is 4.79 Å². The molecule has 2 heteroatoms. The Hall–Kier alpha value is -0.530. The number of carbonyl (C=O) groups is 1. The topological polar surface area (TPSA) is 37.3 Å². The maximum absolute atomic E-state index is 11.2. The lowest BCUT2D eigenvalue weighted by Crippen LogP contribution is -2.17. The molecule has 0 saturated heterocycles. The van der Waals surface area contributed by atoms with Gasteiger partial charge in [-0.25, -0.2) is 0 Å². The molecule has 0 aromatic rings. The van der Waals surface area contributed by atoms with E-state index >= 15 is 0 Å². The van der Waals surface area contributed by atoms with Crippen LogP contribution in [0.15, 0.2) is 0 Å². The summed E-state index contributed by atoms with van der Waals surface area (Å²) in [7, 11) is 0. The summed E-state index contributed by atoms with van der Waals surface area (Å²) in [5.41, 5.74) is 0. The zero-order valence-electron chi connectivity index (χ0n) is 14.9. The van der Waals surface area contributed by atoms with E-state index in [-0.39, 0.29) is 0 Å². The van der Waals surface area contributed by atoms with Crippen LogP contribution in [0.25, 0.3) is 0 Å². The van der Waals surface area contributed by atoms with Gasteiger partial charge in [0, 0.05) is 6.42 Å². The molecule has 0 fully saturated rings. The molecule has 0 saturated carbocycles. The summed E-state index contributed by atoms with van der Waals surface area (Å²) >= 11 is 0. The maximum Gasteiger partial charge on any atom is 0.303 e. The van der Waals surface area contributed by atoms with E-state index in [2.05, 4.69) is 27.7 Å². The lowest BCUT2D eigenvalue weighted by atomic mass is 9.80. The minimum absolute atomic E-state index is 0.366. The van der Waals surface area contributed by atoms with Gasteiger partial charge in [-0.2, -0.15) is 0 Å². The van der Waals surface area contributed by atoms with Gasteiger partial charge in [-0.05, 0) is 30.6 Å². The lowest BCUT2D eigenvalue weighted by molar-refractivity contribution is -0.138. The molecular weight excluding hydrogens is 260 g/mol. The molecule has 0 heterocycles. The van der Waals surface area contributed by atoms with E-state index in [9.17, 15) is 9.90 Å². The molecule has 0 aliphatic rings. The molecule has 0 aliphatic heterocycles. The molecule has 0 radical (unpaired) electrons. The number of carboxylic acids is 1. The zero-order chi connectivity index (χ0) is 16.1. The average Bonchev–Trinajstić information content (AvgIpc) is 2.46. The molecular formula is C19H38O2. The van der Waals surface area contributed by atoms with E-state index in [4.69, 9.17) is 0 Å². The first-order chi connectivity index (χ1) is 10.1. The van der Waals surface area contributed by atoms with Crippen molar-refractivity contribution in [1.82, 2.24) is 0 Å². The second-order valence-corrected chi connectivity index (χ2v) is 6.77.